The Balaban J connectivity index is 0. The van der Waals surface area contributed by atoms with Crippen molar-refractivity contribution in [2.45, 2.75) is 104 Å². The summed E-state index contributed by atoms with van der Waals surface area (Å²) in [7, 11) is -4.64. The Bertz CT molecular complexity index is 313. The third-order valence-corrected chi connectivity index (χ3v) is 4.03. The summed E-state index contributed by atoms with van der Waals surface area (Å²) in [4.78, 5) is 22.2. The maximum atomic E-state index is 10.7. The van der Waals surface area contributed by atoms with Crippen LogP contribution < -0.4 is 0 Å². The molecule has 2 unspecified atom stereocenters. The van der Waals surface area contributed by atoms with Gasteiger partial charge in [0.1, 0.15) is 0 Å². The molecule has 142 valence electrons. The van der Waals surface area contributed by atoms with Gasteiger partial charge in [0.15, 0.2) is 6.29 Å². The third-order valence-electron chi connectivity index (χ3n) is 3.75. The normalized spacial score (nSPS) is 14.2. The van der Waals surface area contributed by atoms with E-state index < -0.39 is 14.1 Å². The first-order valence-electron chi connectivity index (χ1n) is 8.95. The van der Waals surface area contributed by atoms with Gasteiger partial charge in [-0.2, -0.15) is 4.89 Å². The van der Waals surface area contributed by atoms with Crippen LogP contribution in [-0.4, -0.2) is 51.7 Å². The van der Waals surface area contributed by atoms with E-state index >= 15 is 0 Å². The SMILES string of the molecule is CCCCCCCCCCCC(OOP(=O)(O)O)OC(C)CC.[NaH]. The van der Waals surface area contributed by atoms with Gasteiger partial charge in [0.25, 0.3) is 0 Å². The van der Waals surface area contributed by atoms with Crippen molar-refractivity contribution >= 4 is 37.4 Å². The Morgan fingerprint density at radius 1 is 0.917 bits per heavy atom. The first-order chi connectivity index (χ1) is 10.9. The van der Waals surface area contributed by atoms with Crippen LogP contribution in [0.5, 0.6) is 0 Å². The van der Waals surface area contributed by atoms with Crippen LogP contribution in [0.1, 0.15) is 91.4 Å². The van der Waals surface area contributed by atoms with Crippen molar-refractivity contribution in [3.8, 4) is 0 Å². The monoisotopic (exact) mass is 378 g/mol. The zero-order valence-electron chi connectivity index (χ0n) is 14.9. The second-order valence-electron chi connectivity index (χ2n) is 6.06. The molecule has 0 aromatic heterocycles. The number of rotatable bonds is 16. The Hall–Kier alpha value is 1.03. The quantitative estimate of drug-likeness (QED) is 0.103. The van der Waals surface area contributed by atoms with Crippen molar-refractivity contribution in [3.63, 3.8) is 0 Å². The zero-order chi connectivity index (χ0) is 17.6. The molecule has 0 saturated heterocycles. The zero-order valence-corrected chi connectivity index (χ0v) is 15.8. The fraction of sp³-hybridized carbons (Fsp3) is 1.00. The van der Waals surface area contributed by atoms with Gasteiger partial charge < -0.3 is 14.5 Å². The topological polar surface area (TPSA) is 85.2 Å². The number of ether oxygens (including phenoxy) is 1. The van der Waals surface area contributed by atoms with Crippen molar-refractivity contribution in [1.29, 1.82) is 0 Å². The molecule has 8 heteroatoms. The van der Waals surface area contributed by atoms with Crippen molar-refractivity contribution in [1.82, 2.24) is 0 Å². The summed E-state index contributed by atoms with van der Waals surface area (Å²) in [5.74, 6) is 0. The molecule has 0 saturated carbocycles. The Labute approximate surface area is 169 Å². The Kier molecular flexibility index (Phi) is 19.8. The molecule has 2 atom stereocenters. The molecule has 0 amide bonds. The van der Waals surface area contributed by atoms with E-state index in [1.54, 1.807) is 0 Å². The molecule has 0 aromatic carbocycles. The standard InChI is InChI=1S/C16H35O6P.Na.H/c1-4-6-7-8-9-10-11-12-13-14-16(20-15(3)5-2)21-22-23(17,18)19;;/h15-16H,4-14H2,1-3H3,(H2,17,18,19);;. The van der Waals surface area contributed by atoms with E-state index in [0.29, 0.717) is 6.42 Å². The molecule has 2 N–H and O–H groups in total. The van der Waals surface area contributed by atoms with E-state index in [2.05, 4.69) is 11.6 Å². The molecular formula is C16H36NaO6P. The summed E-state index contributed by atoms with van der Waals surface area (Å²) >= 11 is 0. The average Bonchev–Trinajstić information content (AvgIpc) is 2.49. The predicted molar refractivity (Wildman–Crippen MR) is 97.8 cm³/mol. The number of phosphoric acid groups is 1. The van der Waals surface area contributed by atoms with E-state index in [1.165, 1.54) is 44.9 Å². The molecule has 0 aromatic rings. The second kappa shape index (κ2) is 17.4. The summed E-state index contributed by atoms with van der Waals surface area (Å²) in [6, 6.07) is 0. The second-order valence-corrected chi connectivity index (χ2v) is 7.19. The van der Waals surface area contributed by atoms with Gasteiger partial charge in [-0.15, -0.1) is 4.67 Å². The first-order valence-corrected chi connectivity index (χ1v) is 10.5. The van der Waals surface area contributed by atoms with E-state index in [9.17, 15) is 4.57 Å². The van der Waals surface area contributed by atoms with Crippen LogP contribution in [0.4, 0.5) is 0 Å². The molecule has 0 aliphatic carbocycles. The van der Waals surface area contributed by atoms with Gasteiger partial charge in [-0.05, 0) is 19.8 Å². The van der Waals surface area contributed by atoms with E-state index in [0.717, 1.165) is 19.3 Å². The van der Waals surface area contributed by atoms with Crippen LogP contribution in [0.3, 0.4) is 0 Å². The summed E-state index contributed by atoms with van der Waals surface area (Å²) < 4.78 is 20.4. The summed E-state index contributed by atoms with van der Waals surface area (Å²) in [5, 5.41) is 0. The minimum atomic E-state index is -4.64. The molecule has 0 bridgehead atoms. The summed E-state index contributed by atoms with van der Waals surface area (Å²) in [6.45, 7) is 6.09. The predicted octanol–water partition coefficient (Wildman–Crippen LogP) is 4.44. The molecule has 0 aliphatic rings. The molecule has 24 heavy (non-hydrogen) atoms. The van der Waals surface area contributed by atoms with Crippen molar-refractivity contribution in [3.05, 3.63) is 0 Å². The fourth-order valence-electron chi connectivity index (χ4n) is 2.22. The van der Waals surface area contributed by atoms with Gasteiger partial charge in [0.05, 0.1) is 6.10 Å². The molecule has 0 heterocycles. The van der Waals surface area contributed by atoms with E-state index in [4.69, 9.17) is 19.4 Å². The molecule has 0 spiro atoms. The van der Waals surface area contributed by atoms with Crippen LogP contribution in [-0.2, 0) is 18.9 Å². The summed E-state index contributed by atoms with van der Waals surface area (Å²) in [5.41, 5.74) is 0. The van der Waals surface area contributed by atoms with Crippen LogP contribution in [0, 0.1) is 0 Å². The van der Waals surface area contributed by atoms with Gasteiger partial charge in [-0.3, -0.25) is 0 Å². The summed E-state index contributed by atoms with van der Waals surface area (Å²) in [6.07, 6.45) is 11.5. The van der Waals surface area contributed by atoms with Crippen molar-refractivity contribution in [2.75, 3.05) is 0 Å². The minimum absolute atomic E-state index is 0. The Morgan fingerprint density at radius 3 is 1.88 bits per heavy atom. The molecule has 0 rings (SSSR count). The molecule has 0 fully saturated rings. The first kappa shape index (κ1) is 27.3. The number of hydrogen-bond donors (Lipinski definition) is 2. The van der Waals surface area contributed by atoms with Crippen molar-refractivity contribution < 1.29 is 28.7 Å². The molecule has 0 aliphatic heterocycles. The average molecular weight is 378 g/mol. The van der Waals surface area contributed by atoms with Crippen LogP contribution in [0.15, 0.2) is 0 Å². The van der Waals surface area contributed by atoms with Crippen molar-refractivity contribution in [2.24, 2.45) is 0 Å². The Morgan fingerprint density at radius 2 is 1.42 bits per heavy atom. The van der Waals surface area contributed by atoms with E-state index in [1.807, 2.05) is 13.8 Å². The van der Waals surface area contributed by atoms with Crippen LogP contribution in [0.25, 0.3) is 0 Å². The number of hydrogen-bond acceptors (Lipinski definition) is 4. The molecular weight excluding hydrogens is 342 g/mol. The van der Waals surface area contributed by atoms with Gasteiger partial charge in [0, 0.05) is 6.42 Å². The molecule has 0 radical (unpaired) electrons. The van der Waals surface area contributed by atoms with Gasteiger partial charge in [-0.25, -0.2) is 4.57 Å². The van der Waals surface area contributed by atoms with E-state index in [-0.39, 0.29) is 35.7 Å². The molecule has 6 nitrogen and oxygen atoms in total. The fourth-order valence-corrected chi connectivity index (χ4v) is 2.43. The van der Waals surface area contributed by atoms with Gasteiger partial charge >= 0.3 is 37.4 Å². The third kappa shape index (κ3) is 19.4. The van der Waals surface area contributed by atoms with Gasteiger partial charge in [0.2, 0.25) is 0 Å². The van der Waals surface area contributed by atoms with Crippen LogP contribution >= 0.6 is 7.82 Å². The maximum absolute atomic E-state index is 10.7. The van der Waals surface area contributed by atoms with Crippen LogP contribution in [0.2, 0.25) is 0 Å². The van der Waals surface area contributed by atoms with Gasteiger partial charge in [-0.1, -0.05) is 65.2 Å². The number of unbranched alkanes of at least 4 members (excludes halogenated alkanes) is 8.